The maximum Gasteiger partial charge on any atom is 0.472 e. The molecule has 11 nitrogen and oxygen atoms in total. The Hall–Kier alpha value is -3.34. The molecule has 12 heteroatoms. The molecule has 0 aromatic heterocycles. The quantitative estimate of drug-likeness (QED) is 0.0201. The largest absolute Gasteiger partial charge is 0.480 e. The average Bonchev–Trinajstić information content (AvgIpc) is 3.21. The molecule has 336 valence electrons. The van der Waals surface area contributed by atoms with Gasteiger partial charge in [0.1, 0.15) is 12.7 Å². The lowest BCUT2D eigenvalue weighted by Gasteiger charge is -2.18. The molecule has 3 atom stereocenters. The summed E-state index contributed by atoms with van der Waals surface area (Å²) in [4.78, 5) is 45.9. The number of carbonyl (C=O) groups excluding carboxylic acids is 2. The van der Waals surface area contributed by atoms with E-state index in [1.54, 1.807) is 0 Å². The van der Waals surface area contributed by atoms with E-state index < -0.39 is 57.6 Å². The van der Waals surface area contributed by atoms with Gasteiger partial charge < -0.3 is 25.2 Å². The van der Waals surface area contributed by atoms with Crippen molar-refractivity contribution in [2.45, 2.75) is 174 Å². The van der Waals surface area contributed by atoms with Crippen molar-refractivity contribution in [1.82, 2.24) is 5.32 Å². The lowest BCUT2D eigenvalue weighted by Crippen LogP contribution is -2.43. The zero-order valence-corrected chi connectivity index (χ0v) is 37.2. The molecule has 0 aliphatic heterocycles. The van der Waals surface area contributed by atoms with Gasteiger partial charge in [0.2, 0.25) is 5.91 Å². The van der Waals surface area contributed by atoms with E-state index in [1.807, 2.05) is 0 Å². The summed E-state index contributed by atoms with van der Waals surface area (Å²) < 4.78 is 26.8. The molecule has 0 saturated carbocycles. The van der Waals surface area contributed by atoms with E-state index in [0.29, 0.717) is 12.8 Å². The fraction of sp³-hybridized carbons (Fsp3) is 0.638. The fourth-order valence-electron chi connectivity index (χ4n) is 5.49. The van der Waals surface area contributed by atoms with Crippen LogP contribution in [-0.2, 0) is 32.7 Å². The number of rotatable bonds is 40. The fourth-order valence-corrected chi connectivity index (χ4v) is 6.26. The van der Waals surface area contributed by atoms with Gasteiger partial charge in [0, 0.05) is 12.8 Å². The summed E-state index contributed by atoms with van der Waals surface area (Å²) >= 11 is 0. The molecular formula is C47H78NO10P. The second-order valence-electron chi connectivity index (χ2n) is 14.5. The minimum atomic E-state index is -4.77. The number of carbonyl (C=O) groups is 3. The molecule has 0 aromatic rings. The van der Waals surface area contributed by atoms with E-state index in [9.17, 15) is 34.1 Å². The molecule has 59 heavy (non-hydrogen) atoms. The molecule has 0 heterocycles. The highest BCUT2D eigenvalue weighted by molar-refractivity contribution is 7.47. The number of hydrogen-bond donors (Lipinski definition) is 4. The number of aliphatic hydroxyl groups excluding tert-OH is 1. The van der Waals surface area contributed by atoms with Crippen molar-refractivity contribution in [1.29, 1.82) is 0 Å². The maximum absolute atomic E-state index is 12.3. The monoisotopic (exact) mass is 848 g/mol. The predicted octanol–water partition coefficient (Wildman–Crippen LogP) is 11.5. The Morgan fingerprint density at radius 1 is 0.559 bits per heavy atom. The number of nitrogens with one attached hydrogen (secondary N) is 1. The molecule has 0 aliphatic carbocycles. The molecule has 3 unspecified atom stereocenters. The van der Waals surface area contributed by atoms with E-state index >= 15 is 0 Å². The van der Waals surface area contributed by atoms with E-state index in [4.69, 9.17) is 13.8 Å². The first-order chi connectivity index (χ1) is 28.6. The maximum atomic E-state index is 12.3. The third kappa shape index (κ3) is 41.2. The topological polar surface area (TPSA) is 169 Å². The number of esters is 1. The number of phosphoric acid groups is 1. The third-order valence-corrected chi connectivity index (χ3v) is 9.87. The van der Waals surface area contributed by atoms with Crippen LogP contribution in [0, 0.1) is 0 Å². The number of ether oxygens (including phenoxy) is 1. The van der Waals surface area contributed by atoms with Gasteiger partial charge in [0.05, 0.1) is 13.2 Å². The first kappa shape index (κ1) is 55.7. The van der Waals surface area contributed by atoms with Crippen molar-refractivity contribution >= 4 is 25.7 Å². The third-order valence-electron chi connectivity index (χ3n) is 8.92. The molecule has 0 fully saturated rings. The predicted molar refractivity (Wildman–Crippen MR) is 240 cm³/mol. The van der Waals surface area contributed by atoms with Crippen LogP contribution in [0.4, 0.5) is 0 Å². The average molecular weight is 848 g/mol. The normalized spacial score (nSPS) is 14.5. The van der Waals surface area contributed by atoms with Crippen LogP contribution in [0.2, 0.25) is 0 Å². The molecule has 0 radical (unpaired) electrons. The highest BCUT2D eigenvalue weighted by atomic mass is 31.2. The summed E-state index contributed by atoms with van der Waals surface area (Å²) in [6, 6.07) is -1.56. The number of hydrogen-bond acceptors (Lipinski definition) is 8. The summed E-state index contributed by atoms with van der Waals surface area (Å²) in [5.41, 5.74) is 0. The Balaban J connectivity index is 3.95. The van der Waals surface area contributed by atoms with E-state index in [2.05, 4.69) is 104 Å². The van der Waals surface area contributed by atoms with Crippen molar-refractivity contribution in [2.75, 3.05) is 19.8 Å². The van der Waals surface area contributed by atoms with Gasteiger partial charge in [-0.1, -0.05) is 144 Å². The minimum absolute atomic E-state index is 0.129. The molecule has 0 rings (SSSR count). The first-order valence-corrected chi connectivity index (χ1v) is 23.6. The summed E-state index contributed by atoms with van der Waals surface area (Å²) in [5.74, 6) is -2.42. The van der Waals surface area contributed by atoms with Crippen LogP contribution in [0.15, 0.2) is 85.1 Å². The van der Waals surface area contributed by atoms with Crippen molar-refractivity contribution in [2.24, 2.45) is 0 Å². The number of carboxylic acids is 1. The molecule has 0 spiro atoms. The van der Waals surface area contributed by atoms with Crippen LogP contribution in [0.5, 0.6) is 0 Å². The van der Waals surface area contributed by atoms with Gasteiger partial charge in [-0.3, -0.25) is 18.6 Å². The van der Waals surface area contributed by atoms with Crippen molar-refractivity contribution in [3.8, 4) is 0 Å². The first-order valence-electron chi connectivity index (χ1n) is 22.1. The summed E-state index contributed by atoms with van der Waals surface area (Å²) in [6.45, 7) is 2.40. The van der Waals surface area contributed by atoms with E-state index in [0.717, 1.165) is 103 Å². The van der Waals surface area contributed by atoms with Gasteiger partial charge in [-0.2, -0.15) is 0 Å². The smallest absolute Gasteiger partial charge is 0.472 e. The van der Waals surface area contributed by atoms with Gasteiger partial charge in [0.25, 0.3) is 0 Å². The zero-order valence-electron chi connectivity index (χ0n) is 36.3. The summed E-state index contributed by atoms with van der Waals surface area (Å²) in [5, 5.41) is 21.8. The van der Waals surface area contributed by atoms with Crippen molar-refractivity contribution < 1.29 is 47.8 Å². The summed E-state index contributed by atoms with van der Waals surface area (Å²) in [7, 11) is -4.77. The van der Waals surface area contributed by atoms with Crippen molar-refractivity contribution in [3.63, 3.8) is 0 Å². The Bertz CT molecular complexity index is 1320. The second kappa shape index (κ2) is 41.4. The highest BCUT2D eigenvalue weighted by Gasteiger charge is 2.28. The minimum Gasteiger partial charge on any atom is -0.480 e. The Morgan fingerprint density at radius 2 is 0.983 bits per heavy atom. The van der Waals surface area contributed by atoms with Gasteiger partial charge in [-0.25, -0.2) is 9.36 Å². The van der Waals surface area contributed by atoms with Crippen LogP contribution in [-0.4, -0.2) is 64.9 Å². The van der Waals surface area contributed by atoms with E-state index in [1.165, 1.54) is 19.3 Å². The van der Waals surface area contributed by atoms with Crippen LogP contribution in [0.3, 0.4) is 0 Å². The molecule has 4 N–H and O–H groups in total. The van der Waals surface area contributed by atoms with Gasteiger partial charge in [-0.05, 0) is 89.9 Å². The van der Waals surface area contributed by atoms with Crippen LogP contribution < -0.4 is 5.32 Å². The Morgan fingerprint density at radius 3 is 1.49 bits per heavy atom. The van der Waals surface area contributed by atoms with Crippen LogP contribution in [0.25, 0.3) is 0 Å². The number of phosphoric ester groups is 1. The van der Waals surface area contributed by atoms with Gasteiger partial charge >= 0.3 is 19.8 Å². The Labute approximate surface area is 356 Å². The number of allylic oxidation sites excluding steroid dienone is 14. The SMILES string of the molecule is CC/C=C\C/C=C\C/C=C\C/C=C\C/C=C\C/C=C\CCCCCCC(=O)OCC(O)COP(=O)(O)OCC(NC(=O)CCCCCCC/C=C\CCCCC)C(=O)O. The standard InChI is InChI=1S/C47H78NO10P/c1-3-5-7-9-11-13-15-17-18-19-20-21-22-23-24-25-26-27-29-31-33-35-37-39-46(51)56-40-43(49)41-57-59(54,55)58-42-44(47(52)53)48-45(50)38-36-34-32-30-28-16-14-12-10-8-6-4-2/h5,7,11-14,17-18,20-21,23-24,26-27,43-44,49H,3-4,6,8-10,15-16,19,22,25,28-42H2,1-2H3,(H,48,50)(H,52,53)(H,54,55)/b7-5-,13-11-,14-12-,18-17-,21-20-,24-23-,27-26-. The number of unbranched alkanes of at least 4 members (excludes halogenated alkanes) is 12. The molecule has 0 bridgehead atoms. The summed E-state index contributed by atoms with van der Waals surface area (Å²) in [6.07, 6.45) is 50.4. The van der Waals surface area contributed by atoms with Crippen molar-refractivity contribution in [3.05, 3.63) is 85.1 Å². The lowest BCUT2D eigenvalue weighted by molar-refractivity contribution is -0.147. The molecule has 0 aromatic carbocycles. The van der Waals surface area contributed by atoms with Crippen LogP contribution >= 0.6 is 7.82 Å². The Kier molecular flexibility index (Phi) is 39.1. The molecular weight excluding hydrogens is 769 g/mol. The number of amides is 1. The molecule has 1 amide bonds. The van der Waals surface area contributed by atoms with Gasteiger partial charge in [-0.15, -0.1) is 0 Å². The lowest BCUT2D eigenvalue weighted by atomic mass is 10.1. The van der Waals surface area contributed by atoms with Crippen LogP contribution in [0.1, 0.15) is 162 Å². The zero-order chi connectivity index (χ0) is 43.5. The highest BCUT2D eigenvalue weighted by Crippen LogP contribution is 2.43. The van der Waals surface area contributed by atoms with Gasteiger partial charge in [0.15, 0.2) is 6.04 Å². The molecule has 0 saturated heterocycles. The molecule has 0 aliphatic rings. The second-order valence-corrected chi connectivity index (χ2v) is 16.0. The van der Waals surface area contributed by atoms with E-state index in [-0.39, 0.29) is 12.8 Å². The number of aliphatic carboxylic acids is 1. The number of aliphatic hydroxyl groups is 1. The number of carboxylic acid groups (broad SMARTS) is 1.